The van der Waals surface area contributed by atoms with Crippen LogP contribution in [0.4, 0.5) is 0 Å². The summed E-state index contributed by atoms with van der Waals surface area (Å²) in [6.45, 7) is 7.85. The van der Waals surface area contributed by atoms with Crippen molar-refractivity contribution in [3.8, 4) is 5.75 Å². The lowest BCUT2D eigenvalue weighted by molar-refractivity contribution is 0.237. The van der Waals surface area contributed by atoms with Gasteiger partial charge in [0.05, 0.1) is 17.3 Å². The molecule has 5 rings (SSSR count). The van der Waals surface area contributed by atoms with Gasteiger partial charge < -0.3 is 5.11 Å². The van der Waals surface area contributed by atoms with Crippen molar-refractivity contribution in [2.24, 2.45) is 0 Å². The predicted octanol–water partition coefficient (Wildman–Crippen LogP) is 5.48. The lowest BCUT2D eigenvalue weighted by Crippen LogP contribution is -2.40. The summed E-state index contributed by atoms with van der Waals surface area (Å²) >= 11 is 0. The van der Waals surface area contributed by atoms with E-state index in [1.54, 1.807) is 6.07 Å². The summed E-state index contributed by atoms with van der Waals surface area (Å²) in [5, 5.41) is 10.2. The molecule has 0 atom stereocenters. The highest BCUT2D eigenvalue weighted by Gasteiger charge is 2.27. The molecule has 3 aromatic carbocycles. The van der Waals surface area contributed by atoms with Crippen LogP contribution < -0.4 is 5.56 Å². The van der Waals surface area contributed by atoms with Crippen LogP contribution in [0.15, 0.2) is 89.7 Å². The minimum atomic E-state index is -0.244. The fourth-order valence-electron chi connectivity index (χ4n) is 4.75. The van der Waals surface area contributed by atoms with Crippen molar-refractivity contribution in [1.29, 1.82) is 0 Å². The van der Waals surface area contributed by atoms with Gasteiger partial charge >= 0.3 is 0 Å². The van der Waals surface area contributed by atoms with Gasteiger partial charge in [-0.3, -0.25) is 14.3 Å². The number of para-hydroxylation sites is 1. The lowest BCUT2D eigenvalue weighted by Gasteiger charge is -2.30. The number of hydrogen-bond donors (Lipinski definition) is 1. The zero-order valence-electron chi connectivity index (χ0n) is 20.7. The number of aromatic hydroxyl groups is 1. The van der Waals surface area contributed by atoms with Gasteiger partial charge in [-0.15, -0.1) is 0 Å². The molecule has 0 aliphatic carbocycles. The van der Waals surface area contributed by atoms with Gasteiger partial charge in [0.1, 0.15) is 11.6 Å². The average molecular weight is 468 g/mol. The molecule has 180 valence electrons. The monoisotopic (exact) mass is 467 g/mol. The van der Waals surface area contributed by atoms with Crippen molar-refractivity contribution in [2.45, 2.75) is 46.3 Å². The van der Waals surface area contributed by atoms with Crippen molar-refractivity contribution in [1.82, 2.24) is 14.5 Å². The summed E-state index contributed by atoms with van der Waals surface area (Å²) in [7, 11) is 0. The number of aromatic nitrogens is 2. The van der Waals surface area contributed by atoms with E-state index in [0.717, 1.165) is 46.7 Å². The number of phenols is 1. The SMILES string of the molecule is CC.Cc1nc2c(c(=O)n1C(c1ccccc1)c1ccccc1)CN(Cc1ccccc1O)CC2. The van der Waals surface area contributed by atoms with Crippen LogP contribution in [-0.4, -0.2) is 26.1 Å². The molecule has 1 aliphatic heterocycles. The Kier molecular flexibility index (Phi) is 7.78. The minimum absolute atomic E-state index is 0.0113. The Morgan fingerprint density at radius 1 is 0.886 bits per heavy atom. The van der Waals surface area contributed by atoms with Gasteiger partial charge in [0.15, 0.2) is 0 Å². The van der Waals surface area contributed by atoms with Gasteiger partial charge in [0.25, 0.3) is 5.56 Å². The van der Waals surface area contributed by atoms with Crippen LogP contribution in [0.25, 0.3) is 0 Å². The number of rotatable bonds is 5. The molecule has 0 saturated carbocycles. The first-order valence-corrected chi connectivity index (χ1v) is 12.3. The fourth-order valence-corrected chi connectivity index (χ4v) is 4.75. The van der Waals surface area contributed by atoms with E-state index in [2.05, 4.69) is 29.2 Å². The van der Waals surface area contributed by atoms with E-state index in [1.807, 2.05) is 79.9 Å². The zero-order valence-corrected chi connectivity index (χ0v) is 20.7. The second-order valence-corrected chi connectivity index (χ2v) is 8.57. The number of aryl methyl sites for hydroxylation is 1. The highest BCUT2D eigenvalue weighted by molar-refractivity contribution is 5.35. The van der Waals surface area contributed by atoms with E-state index in [9.17, 15) is 9.90 Å². The van der Waals surface area contributed by atoms with Gasteiger partial charge in [-0.05, 0) is 24.1 Å². The van der Waals surface area contributed by atoms with E-state index in [-0.39, 0.29) is 17.4 Å². The maximum atomic E-state index is 13.9. The first-order chi connectivity index (χ1) is 17.1. The van der Waals surface area contributed by atoms with Crippen LogP contribution in [0.1, 0.15) is 53.7 Å². The molecule has 0 unspecified atom stereocenters. The maximum Gasteiger partial charge on any atom is 0.259 e. The topological polar surface area (TPSA) is 58.4 Å². The number of fused-ring (bicyclic) bond motifs is 1. The number of benzene rings is 3. The molecule has 2 heterocycles. The summed E-state index contributed by atoms with van der Waals surface area (Å²) in [4.78, 5) is 21.0. The third-order valence-electron chi connectivity index (χ3n) is 6.39. The number of nitrogens with zero attached hydrogens (tertiary/aromatic N) is 3. The van der Waals surface area contributed by atoms with Crippen molar-refractivity contribution in [2.75, 3.05) is 6.54 Å². The molecule has 1 aromatic heterocycles. The first kappa shape index (κ1) is 24.4. The van der Waals surface area contributed by atoms with Crippen LogP contribution in [0, 0.1) is 6.92 Å². The second-order valence-electron chi connectivity index (χ2n) is 8.57. The van der Waals surface area contributed by atoms with E-state index >= 15 is 0 Å². The van der Waals surface area contributed by atoms with Crippen LogP contribution in [0.5, 0.6) is 5.75 Å². The van der Waals surface area contributed by atoms with Crippen LogP contribution in [0.2, 0.25) is 0 Å². The normalized spacial score (nSPS) is 13.1. The van der Waals surface area contributed by atoms with Crippen LogP contribution in [-0.2, 0) is 19.5 Å². The standard InChI is InChI=1S/C28H27N3O2.C2H6/c1-20-29-25-16-17-30(18-23-14-8-9-15-26(23)32)19-24(25)28(33)31(20)27(21-10-4-2-5-11-21)22-12-6-3-7-13-22;1-2/h2-15,27,32H,16-19H2,1H3;1-2H3. The molecule has 0 saturated heterocycles. The number of hydrogen-bond acceptors (Lipinski definition) is 4. The molecule has 5 heteroatoms. The summed E-state index contributed by atoms with van der Waals surface area (Å²) in [6.07, 6.45) is 0.723. The second kappa shape index (κ2) is 11.2. The zero-order chi connectivity index (χ0) is 24.8. The van der Waals surface area contributed by atoms with E-state index in [0.29, 0.717) is 13.1 Å². The molecule has 0 radical (unpaired) electrons. The Hall–Kier alpha value is -3.70. The minimum Gasteiger partial charge on any atom is -0.508 e. The maximum absolute atomic E-state index is 13.9. The molecule has 4 aromatic rings. The molecule has 1 N–H and O–H groups in total. The Morgan fingerprint density at radius 3 is 2.06 bits per heavy atom. The summed E-state index contributed by atoms with van der Waals surface area (Å²) in [5.74, 6) is 1.02. The highest BCUT2D eigenvalue weighted by atomic mass is 16.3. The predicted molar refractivity (Wildman–Crippen MR) is 141 cm³/mol. The number of phenolic OH excluding ortho intramolecular Hbond substituents is 1. The highest BCUT2D eigenvalue weighted by Crippen LogP contribution is 2.28. The molecule has 0 fully saturated rings. The Balaban J connectivity index is 0.00000141. The summed E-state index contributed by atoms with van der Waals surface area (Å²) in [6, 6.07) is 27.4. The largest absolute Gasteiger partial charge is 0.508 e. The Labute approximate surface area is 207 Å². The Morgan fingerprint density at radius 2 is 1.46 bits per heavy atom. The quantitative estimate of drug-likeness (QED) is 0.422. The average Bonchev–Trinajstić information content (AvgIpc) is 2.90. The molecule has 1 aliphatic rings. The van der Waals surface area contributed by atoms with E-state index in [4.69, 9.17) is 4.98 Å². The van der Waals surface area contributed by atoms with E-state index < -0.39 is 0 Å². The van der Waals surface area contributed by atoms with Crippen molar-refractivity contribution in [3.63, 3.8) is 0 Å². The lowest BCUT2D eigenvalue weighted by atomic mass is 9.97. The third-order valence-corrected chi connectivity index (χ3v) is 6.39. The molecule has 0 bridgehead atoms. The molecular formula is C30H33N3O2. The molecular weight excluding hydrogens is 434 g/mol. The fraction of sp³-hybridized carbons (Fsp3) is 0.267. The van der Waals surface area contributed by atoms with Crippen molar-refractivity contribution >= 4 is 0 Å². The third kappa shape index (κ3) is 5.20. The first-order valence-electron chi connectivity index (χ1n) is 12.3. The van der Waals surface area contributed by atoms with Crippen molar-refractivity contribution in [3.05, 3.63) is 129 Å². The van der Waals surface area contributed by atoms with Crippen LogP contribution in [0.3, 0.4) is 0 Å². The molecule has 0 amide bonds. The van der Waals surface area contributed by atoms with Gasteiger partial charge in [-0.2, -0.15) is 0 Å². The van der Waals surface area contributed by atoms with Gasteiger partial charge in [0, 0.05) is 31.6 Å². The van der Waals surface area contributed by atoms with Crippen LogP contribution >= 0.6 is 0 Å². The van der Waals surface area contributed by atoms with Gasteiger partial charge in [-0.1, -0.05) is 92.7 Å². The molecule has 0 spiro atoms. The summed E-state index contributed by atoms with van der Waals surface area (Å²) < 4.78 is 1.84. The van der Waals surface area contributed by atoms with E-state index in [1.165, 1.54) is 0 Å². The Bertz CT molecular complexity index is 1280. The van der Waals surface area contributed by atoms with Crippen molar-refractivity contribution < 1.29 is 5.11 Å². The van der Waals surface area contributed by atoms with Gasteiger partial charge in [0.2, 0.25) is 0 Å². The molecule has 35 heavy (non-hydrogen) atoms. The smallest absolute Gasteiger partial charge is 0.259 e. The van der Waals surface area contributed by atoms with Gasteiger partial charge in [-0.25, -0.2) is 4.98 Å². The molecule has 5 nitrogen and oxygen atoms in total. The summed E-state index contributed by atoms with van der Waals surface area (Å²) in [5.41, 5.74) is 4.63.